The number of benzene rings is 2. The van der Waals surface area contributed by atoms with Crippen LogP contribution in [-0.2, 0) is 16.1 Å². The lowest BCUT2D eigenvalue weighted by atomic mass is 10.2. The summed E-state index contributed by atoms with van der Waals surface area (Å²) < 4.78 is 10.9. The Balaban J connectivity index is 1.35. The van der Waals surface area contributed by atoms with Gasteiger partial charge in [-0.25, -0.2) is 4.79 Å². The molecule has 0 aliphatic rings. The van der Waals surface area contributed by atoms with Gasteiger partial charge in [-0.15, -0.1) is 0 Å². The molecule has 3 rings (SSSR count). The molecule has 31 heavy (non-hydrogen) atoms. The van der Waals surface area contributed by atoms with Crippen molar-refractivity contribution in [3.8, 4) is 11.5 Å². The number of amides is 2. The molecule has 0 bridgehead atoms. The second-order valence-corrected chi connectivity index (χ2v) is 6.91. The Hall–Kier alpha value is -3.87. The first-order chi connectivity index (χ1) is 15.1. The highest BCUT2D eigenvalue weighted by atomic mass is 16.5. The van der Waals surface area contributed by atoms with Gasteiger partial charge in [0.05, 0.1) is 6.20 Å². The molecule has 0 spiro atoms. The Morgan fingerprint density at radius 1 is 1.03 bits per heavy atom. The standard InChI is InChI=1S/C24H25N3O4/c1-18-15-20(11-12-22(18)31-21-9-5-13-25-16-21)27-23(28)10-6-14-26-24(29)30-17-19-7-3-2-4-8-19/h2-5,7-9,11-13,15-16H,6,10,14,17H2,1H3,(H,26,29)(H,27,28). The first kappa shape index (κ1) is 21.8. The number of rotatable bonds is 9. The Kier molecular flexibility index (Phi) is 7.99. The van der Waals surface area contributed by atoms with Crippen molar-refractivity contribution < 1.29 is 19.1 Å². The maximum Gasteiger partial charge on any atom is 0.407 e. The van der Waals surface area contributed by atoms with Gasteiger partial charge in [-0.05, 0) is 54.8 Å². The summed E-state index contributed by atoms with van der Waals surface area (Å²) in [6.45, 7) is 2.48. The molecule has 0 saturated heterocycles. The number of carbonyl (C=O) groups is 2. The topological polar surface area (TPSA) is 89.6 Å². The van der Waals surface area contributed by atoms with Crippen molar-refractivity contribution >= 4 is 17.7 Å². The first-order valence-electron chi connectivity index (χ1n) is 10.0. The van der Waals surface area contributed by atoms with E-state index in [2.05, 4.69) is 15.6 Å². The molecular formula is C24H25N3O4. The summed E-state index contributed by atoms with van der Waals surface area (Å²) in [5.74, 6) is 1.22. The highest BCUT2D eigenvalue weighted by Gasteiger charge is 2.07. The van der Waals surface area contributed by atoms with Crippen LogP contribution in [0.3, 0.4) is 0 Å². The van der Waals surface area contributed by atoms with Gasteiger partial charge in [0.2, 0.25) is 5.91 Å². The van der Waals surface area contributed by atoms with Crippen LogP contribution in [0.1, 0.15) is 24.0 Å². The third kappa shape index (κ3) is 7.47. The Morgan fingerprint density at radius 3 is 2.61 bits per heavy atom. The minimum Gasteiger partial charge on any atom is -0.455 e. The fourth-order valence-corrected chi connectivity index (χ4v) is 2.81. The van der Waals surface area contributed by atoms with Gasteiger partial charge in [0, 0.05) is 24.8 Å². The molecule has 0 aliphatic carbocycles. The third-order valence-corrected chi connectivity index (χ3v) is 4.38. The number of nitrogens with one attached hydrogen (secondary N) is 2. The van der Waals surface area contributed by atoms with E-state index in [1.807, 2.05) is 55.5 Å². The van der Waals surface area contributed by atoms with Crippen LogP contribution in [0.2, 0.25) is 0 Å². The number of alkyl carbamates (subject to hydrolysis) is 1. The molecule has 0 atom stereocenters. The van der Waals surface area contributed by atoms with Crippen LogP contribution in [0, 0.1) is 6.92 Å². The number of aromatic nitrogens is 1. The summed E-state index contributed by atoms with van der Waals surface area (Å²) in [7, 11) is 0. The Labute approximate surface area is 181 Å². The fourth-order valence-electron chi connectivity index (χ4n) is 2.81. The fraction of sp³-hybridized carbons (Fsp3) is 0.208. The van der Waals surface area contributed by atoms with Gasteiger partial charge in [-0.1, -0.05) is 30.3 Å². The molecule has 0 fully saturated rings. The maximum absolute atomic E-state index is 12.2. The third-order valence-electron chi connectivity index (χ3n) is 4.38. The summed E-state index contributed by atoms with van der Waals surface area (Å²) in [5.41, 5.74) is 2.50. The Morgan fingerprint density at radius 2 is 1.87 bits per heavy atom. The highest BCUT2D eigenvalue weighted by Crippen LogP contribution is 2.26. The number of hydrogen-bond acceptors (Lipinski definition) is 5. The molecule has 0 aliphatic heterocycles. The molecule has 3 aromatic rings. The van der Waals surface area contributed by atoms with Gasteiger partial charge < -0.3 is 20.1 Å². The predicted octanol–water partition coefficient (Wildman–Crippen LogP) is 4.83. The summed E-state index contributed by atoms with van der Waals surface area (Å²) in [4.78, 5) is 27.9. The number of anilines is 1. The van der Waals surface area contributed by atoms with Gasteiger partial charge in [0.1, 0.15) is 18.1 Å². The average Bonchev–Trinajstić information content (AvgIpc) is 2.78. The van der Waals surface area contributed by atoms with Crippen molar-refractivity contribution in [3.05, 3.63) is 84.2 Å². The number of carbonyl (C=O) groups excluding carboxylic acids is 2. The van der Waals surface area contributed by atoms with Crippen molar-refractivity contribution in [3.63, 3.8) is 0 Å². The van der Waals surface area contributed by atoms with Crippen molar-refractivity contribution in [2.45, 2.75) is 26.4 Å². The smallest absolute Gasteiger partial charge is 0.407 e. The molecule has 2 amide bonds. The molecule has 1 heterocycles. The van der Waals surface area contributed by atoms with Gasteiger partial charge >= 0.3 is 6.09 Å². The quantitative estimate of drug-likeness (QED) is 0.485. The monoisotopic (exact) mass is 419 g/mol. The molecule has 1 aromatic heterocycles. The first-order valence-corrected chi connectivity index (χ1v) is 10.0. The summed E-state index contributed by atoms with van der Waals surface area (Å²) in [6, 6.07) is 18.5. The van der Waals surface area contributed by atoms with Crippen LogP contribution in [0.5, 0.6) is 11.5 Å². The van der Waals surface area contributed by atoms with Crippen LogP contribution >= 0.6 is 0 Å². The van der Waals surface area contributed by atoms with Crippen LogP contribution < -0.4 is 15.4 Å². The molecule has 2 N–H and O–H groups in total. The number of aryl methyl sites for hydroxylation is 1. The highest BCUT2D eigenvalue weighted by molar-refractivity contribution is 5.90. The summed E-state index contributed by atoms with van der Waals surface area (Å²) in [5, 5.41) is 5.51. The van der Waals surface area contributed by atoms with E-state index in [0.29, 0.717) is 30.2 Å². The molecule has 7 nitrogen and oxygen atoms in total. The van der Waals surface area contributed by atoms with Gasteiger partial charge in [-0.3, -0.25) is 9.78 Å². The molecular weight excluding hydrogens is 394 g/mol. The van der Waals surface area contributed by atoms with Crippen LogP contribution in [0.4, 0.5) is 10.5 Å². The molecule has 2 aromatic carbocycles. The van der Waals surface area contributed by atoms with Crippen LogP contribution in [-0.4, -0.2) is 23.5 Å². The lowest BCUT2D eigenvalue weighted by Crippen LogP contribution is -2.26. The average molecular weight is 419 g/mol. The van der Waals surface area contributed by atoms with Crippen molar-refractivity contribution in [1.82, 2.24) is 10.3 Å². The van der Waals surface area contributed by atoms with Gasteiger partial charge in [0.15, 0.2) is 0 Å². The van der Waals surface area contributed by atoms with E-state index in [1.165, 1.54) is 0 Å². The molecule has 0 radical (unpaired) electrons. The van der Waals surface area contributed by atoms with E-state index in [1.54, 1.807) is 24.5 Å². The summed E-state index contributed by atoms with van der Waals surface area (Å²) in [6.07, 6.45) is 3.62. The van der Waals surface area contributed by atoms with E-state index >= 15 is 0 Å². The minimum atomic E-state index is -0.496. The normalized spacial score (nSPS) is 10.2. The number of nitrogens with zero attached hydrogens (tertiary/aromatic N) is 1. The van der Waals surface area contributed by atoms with Crippen molar-refractivity contribution in [1.29, 1.82) is 0 Å². The second kappa shape index (κ2) is 11.3. The number of hydrogen-bond donors (Lipinski definition) is 2. The van der Waals surface area contributed by atoms with E-state index in [-0.39, 0.29) is 18.9 Å². The van der Waals surface area contributed by atoms with E-state index in [9.17, 15) is 9.59 Å². The van der Waals surface area contributed by atoms with Crippen LogP contribution in [0.25, 0.3) is 0 Å². The molecule has 160 valence electrons. The molecule has 7 heteroatoms. The van der Waals surface area contributed by atoms with Gasteiger partial charge in [-0.2, -0.15) is 0 Å². The zero-order valence-electron chi connectivity index (χ0n) is 17.3. The number of pyridine rings is 1. The van der Waals surface area contributed by atoms with E-state index < -0.39 is 6.09 Å². The molecule has 0 saturated carbocycles. The predicted molar refractivity (Wildman–Crippen MR) is 118 cm³/mol. The summed E-state index contributed by atoms with van der Waals surface area (Å²) >= 11 is 0. The van der Waals surface area contributed by atoms with Crippen molar-refractivity contribution in [2.24, 2.45) is 0 Å². The lowest BCUT2D eigenvalue weighted by Gasteiger charge is -2.11. The van der Waals surface area contributed by atoms with E-state index in [4.69, 9.17) is 9.47 Å². The zero-order valence-corrected chi connectivity index (χ0v) is 17.3. The van der Waals surface area contributed by atoms with Crippen molar-refractivity contribution in [2.75, 3.05) is 11.9 Å². The van der Waals surface area contributed by atoms with E-state index in [0.717, 1.165) is 11.1 Å². The zero-order chi connectivity index (χ0) is 21.9. The van der Waals surface area contributed by atoms with Crippen LogP contribution in [0.15, 0.2) is 73.1 Å². The maximum atomic E-state index is 12.2. The lowest BCUT2D eigenvalue weighted by molar-refractivity contribution is -0.116. The van der Waals surface area contributed by atoms with Gasteiger partial charge in [0.25, 0.3) is 0 Å². The SMILES string of the molecule is Cc1cc(NC(=O)CCCNC(=O)OCc2ccccc2)ccc1Oc1cccnc1. The number of ether oxygens (including phenoxy) is 2. The Bertz CT molecular complexity index is 994. The minimum absolute atomic E-state index is 0.125. The second-order valence-electron chi connectivity index (χ2n) is 6.91. The largest absolute Gasteiger partial charge is 0.455 e. The molecule has 0 unspecified atom stereocenters.